The number of hydrogen-bond donors (Lipinski definition) is 3. The molecule has 0 spiro atoms. The molecule has 3 N–H and O–H groups in total. The lowest BCUT2D eigenvalue weighted by Gasteiger charge is -2.07. The van der Waals surface area contributed by atoms with Gasteiger partial charge in [0.15, 0.2) is 0 Å². The normalized spacial score (nSPS) is 11.0. The molecule has 0 aliphatic heterocycles. The number of benzene rings is 2. The summed E-state index contributed by atoms with van der Waals surface area (Å²) in [5.41, 5.74) is 0.647. The van der Waals surface area contributed by atoms with Gasteiger partial charge in [-0.15, -0.1) is 15.3 Å². The van der Waals surface area contributed by atoms with E-state index in [2.05, 4.69) is 25.8 Å². The summed E-state index contributed by atoms with van der Waals surface area (Å²) in [5.74, 6) is -3.98. The van der Waals surface area contributed by atoms with Crippen LogP contribution in [0.1, 0.15) is 17.9 Å². The zero-order chi connectivity index (χ0) is 25.8. The summed E-state index contributed by atoms with van der Waals surface area (Å²) >= 11 is 0. The maximum absolute atomic E-state index is 14.6. The van der Waals surface area contributed by atoms with Gasteiger partial charge in [-0.2, -0.15) is 8.78 Å². The molecule has 2 aromatic heterocycles. The van der Waals surface area contributed by atoms with E-state index in [-0.39, 0.29) is 17.7 Å². The minimum absolute atomic E-state index is 0.204. The van der Waals surface area contributed by atoms with Crippen molar-refractivity contribution in [2.45, 2.75) is 13.0 Å². The number of nitrogens with one attached hydrogen (secondary N) is 2. The molecular formula is C21H15F4N7O4. The molecule has 0 fully saturated rings. The first-order valence-electron chi connectivity index (χ1n) is 10.1. The molecule has 0 atom stereocenters. The first-order chi connectivity index (χ1) is 17.2. The largest absolute Gasteiger partial charge is 0.465 e. The third kappa shape index (κ3) is 5.63. The molecule has 0 aliphatic carbocycles. The molecule has 11 nitrogen and oxygen atoms in total. The van der Waals surface area contributed by atoms with Crippen LogP contribution in [0.5, 0.6) is 0 Å². The van der Waals surface area contributed by atoms with E-state index in [0.29, 0.717) is 16.9 Å². The summed E-state index contributed by atoms with van der Waals surface area (Å²) in [6.45, 7) is -0.778. The fourth-order valence-electron chi connectivity index (χ4n) is 3.10. The topological polar surface area (TPSA) is 148 Å². The predicted molar refractivity (Wildman–Crippen MR) is 114 cm³/mol. The van der Waals surface area contributed by atoms with Gasteiger partial charge in [-0.3, -0.25) is 4.79 Å². The van der Waals surface area contributed by atoms with Gasteiger partial charge in [0.05, 0.1) is 12.7 Å². The third-order valence-corrected chi connectivity index (χ3v) is 4.72. The maximum Gasteiger partial charge on any atom is 0.405 e. The number of carbonyl (C=O) groups is 2. The smallest absolute Gasteiger partial charge is 0.405 e. The van der Waals surface area contributed by atoms with E-state index in [9.17, 15) is 27.2 Å². The number of carboxylic acid groups (broad SMARTS) is 1. The molecule has 0 saturated heterocycles. The van der Waals surface area contributed by atoms with Crippen molar-refractivity contribution in [3.63, 3.8) is 0 Å². The second-order valence-corrected chi connectivity index (χ2v) is 7.25. The molecule has 0 radical (unpaired) electrons. The first-order valence-corrected chi connectivity index (χ1v) is 10.1. The Labute approximate surface area is 198 Å². The van der Waals surface area contributed by atoms with Crippen molar-refractivity contribution in [3.8, 4) is 22.7 Å². The lowest BCUT2D eigenvalue weighted by Crippen LogP contribution is -2.31. The highest BCUT2D eigenvalue weighted by Crippen LogP contribution is 2.27. The molecule has 186 valence electrons. The Hall–Kier alpha value is -4.82. The van der Waals surface area contributed by atoms with E-state index < -0.39 is 48.4 Å². The molecule has 15 heteroatoms. The van der Waals surface area contributed by atoms with E-state index in [1.165, 1.54) is 10.9 Å². The van der Waals surface area contributed by atoms with Crippen LogP contribution in [0.4, 0.5) is 28.0 Å². The number of nitrogens with zero attached hydrogens (tertiary/aromatic N) is 5. The van der Waals surface area contributed by atoms with E-state index in [4.69, 9.17) is 9.52 Å². The molecule has 2 aromatic carbocycles. The summed E-state index contributed by atoms with van der Waals surface area (Å²) in [7, 11) is 0. The number of aromatic nitrogens is 5. The Balaban J connectivity index is 1.49. The Morgan fingerprint density at radius 3 is 2.47 bits per heavy atom. The molecule has 36 heavy (non-hydrogen) atoms. The summed E-state index contributed by atoms with van der Waals surface area (Å²) in [5, 5.41) is 27.3. The Kier molecular flexibility index (Phi) is 6.89. The minimum Gasteiger partial charge on any atom is -0.465 e. The fourth-order valence-corrected chi connectivity index (χ4v) is 3.10. The highest BCUT2D eigenvalue weighted by molar-refractivity contribution is 5.94. The van der Waals surface area contributed by atoms with Crippen molar-refractivity contribution >= 4 is 17.7 Å². The molecule has 0 saturated carbocycles. The second-order valence-electron chi connectivity index (χ2n) is 7.25. The van der Waals surface area contributed by atoms with Crippen LogP contribution in [0.25, 0.3) is 22.7 Å². The van der Waals surface area contributed by atoms with Gasteiger partial charge >= 0.3 is 12.5 Å². The number of rotatable bonds is 8. The summed E-state index contributed by atoms with van der Waals surface area (Å²) in [6, 6.07) is 8.17. The maximum atomic E-state index is 14.6. The summed E-state index contributed by atoms with van der Waals surface area (Å²) < 4.78 is 60.4. The number of amides is 2. The highest BCUT2D eigenvalue weighted by Gasteiger charge is 2.20. The number of anilines is 1. The highest BCUT2D eigenvalue weighted by atomic mass is 19.3. The van der Waals surface area contributed by atoms with Gasteiger partial charge in [-0.25, -0.2) is 18.3 Å². The van der Waals surface area contributed by atoms with E-state index in [1.807, 2.05) is 5.32 Å². The van der Waals surface area contributed by atoms with E-state index in [1.54, 1.807) is 24.3 Å². The molecule has 0 aliphatic rings. The molecule has 2 amide bonds. The van der Waals surface area contributed by atoms with Crippen LogP contribution in [-0.4, -0.2) is 48.8 Å². The van der Waals surface area contributed by atoms with Crippen LogP contribution < -0.4 is 10.6 Å². The van der Waals surface area contributed by atoms with Gasteiger partial charge in [-0.05, 0) is 24.3 Å². The van der Waals surface area contributed by atoms with E-state index in [0.717, 1.165) is 12.1 Å². The Morgan fingerprint density at radius 2 is 1.81 bits per heavy atom. The minimum atomic E-state index is -3.02. The first kappa shape index (κ1) is 24.3. The van der Waals surface area contributed by atoms with Crippen molar-refractivity contribution < 1.29 is 36.7 Å². The second kappa shape index (κ2) is 10.2. The fraction of sp³-hybridized carbons (Fsp3) is 0.143. The van der Waals surface area contributed by atoms with Gasteiger partial charge in [-0.1, -0.05) is 17.3 Å². The van der Waals surface area contributed by atoms with Crippen LogP contribution in [0.15, 0.2) is 47.0 Å². The van der Waals surface area contributed by atoms with Gasteiger partial charge in [0.2, 0.25) is 11.8 Å². The molecule has 4 aromatic rings. The van der Waals surface area contributed by atoms with Crippen LogP contribution in [-0.2, 0) is 11.3 Å². The van der Waals surface area contributed by atoms with Crippen molar-refractivity contribution in [2.24, 2.45) is 0 Å². The lowest BCUT2D eigenvalue weighted by molar-refractivity contribution is -0.115. The number of halogens is 4. The van der Waals surface area contributed by atoms with Crippen LogP contribution in [0.2, 0.25) is 0 Å². The van der Waals surface area contributed by atoms with Crippen molar-refractivity contribution in [1.29, 1.82) is 0 Å². The summed E-state index contributed by atoms with van der Waals surface area (Å²) in [6.07, 6.45) is -2.94. The summed E-state index contributed by atoms with van der Waals surface area (Å²) in [4.78, 5) is 22.3. The Morgan fingerprint density at radius 1 is 1.06 bits per heavy atom. The van der Waals surface area contributed by atoms with Gasteiger partial charge in [0, 0.05) is 22.4 Å². The average Bonchev–Trinajstić information content (AvgIpc) is 3.50. The lowest BCUT2D eigenvalue weighted by atomic mass is 10.1. The third-order valence-electron chi connectivity index (χ3n) is 4.72. The van der Waals surface area contributed by atoms with Crippen molar-refractivity contribution in [3.05, 3.63) is 65.7 Å². The van der Waals surface area contributed by atoms with Crippen LogP contribution in [0, 0.1) is 11.6 Å². The van der Waals surface area contributed by atoms with E-state index >= 15 is 0 Å². The monoisotopic (exact) mass is 505 g/mol. The Bertz CT molecular complexity index is 1400. The number of alkyl halides is 2. The van der Waals surface area contributed by atoms with Crippen molar-refractivity contribution in [2.75, 3.05) is 11.9 Å². The zero-order valence-electron chi connectivity index (χ0n) is 18.0. The van der Waals surface area contributed by atoms with Crippen LogP contribution in [0.3, 0.4) is 0 Å². The quantitative estimate of drug-likeness (QED) is 0.309. The predicted octanol–water partition coefficient (Wildman–Crippen LogP) is 3.47. The molecule has 0 bridgehead atoms. The molecule has 4 rings (SSSR count). The standard InChI is InChI=1S/C21H15F4N7O4/c22-14-5-11(19-29-30-20(36-19)18(24)25)6-15(23)13(14)8-32-9-16(28-31-32)10-2-1-3-12(4-10)27-17(33)7-26-21(34)35/h1-6,9,18,26H,7-8H2,(H,27,33)(H,34,35). The van der Waals surface area contributed by atoms with Gasteiger partial charge < -0.3 is 20.2 Å². The SMILES string of the molecule is O=C(O)NCC(=O)Nc1cccc(-c2cn(Cc3c(F)cc(-c4nnc(C(F)F)o4)cc3F)nn2)c1. The average molecular weight is 505 g/mol. The van der Waals surface area contributed by atoms with Gasteiger partial charge in [0.1, 0.15) is 23.9 Å². The number of hydrogen-bond acceptors (Lipinski definition) is 7. The molecule has 2 heterocycles. The molecule has 0 unspecified atom stereocenters. The van der Waals surface area contributed by atoms with Gasteiger partial charge in [0.25, 0.3) is 5.89 Å². The van der Waals surface area contributed by atoms with Crippen LogP contribution >= 0.6 is 0 Å². The van der Waals surface area contributed by atoms with Crippen molar-refractivity contribution in [1.82, 2.24) is 30.5 Å². The number of carbonyl (C=O) groups excluding carboxylic acids is 1. The zero-order valence-corrected chi connectivity index (χ0v) is 18.0. The molecular weight excluding hydrogens is 490 g/mol.